The van der Waals surface area contributed by atoms with E-state index in [9.17, 15) is 9.59 Å². The van der Waals surface area contributed by atoms with Crippen molar-refractivity contribution < 1.29 is 19.1 Å². The fourth-order valence-electron chi connectivity index (χ4n) is 4.84. The topological polar surface area (TPSA) is 52.6 Å². The molecule has 4 heteroatoms. The van der Waals surface area contributed by atoms with E-state index in [1.165, 1.54) is 6.42 Å². The maximum absolute atomic E-state index is 12.8. The molecule has 3 rings (SSSR count). The molecule has 4 nitrogen and oxygen atoms in total. The highest BCUT2D eigenvalue weighted by Gasteiger charge is 2.52. The zero-order valence-corrected chi connectivity index (χ0v) is 15.4. The van der Waals surface area contributed by atoms with Crippen LogP contribution in [-0.4, -0.2) is 23.6 Å². The number of hydrogen-bond acceptors (Lipinski definition) is 4. The third-order valence-electron chi connectivity index (χ3n) is 6.60. The van der Waals surface area contributed by atoms with Gasteiger partial charge in [0.15, 0.2) is 0 Å². The van der Waals surface area contributed by atoms with Crippen molar-refractivity contribution in [2.24, 2.45) is 23.7 Å². The van der Waals surface area contributed by atoms with Crippen molar-refractivity contribution in [2.75, 3.05) is 0 Å². The third-order valence-corrected chi connectivity index (χ3v) is 6.60. The maximum atomic E-state index is 12.8. The first-order chi connectivity index (χ1) is 11.4. The molecule has 0 amide bonds. The highest BCUT2D eigenvalue weighted by molar-refractivity contribution is 5.75. The minimum atomic E-state index is -0.278. The third kappa shape index (κ3) is 3.62. The zero-order chi connectivity index (χ0) is 17.3. The highest BCUT2D eigenvalue weighted by atomic mass is 16.6. The van der Waals surface area contributed by atoms with Gasteiger partial charge in [-0.05, 0) is 64.2 Å². The Hall–Kier alpha value is -1.06. The molecule has 136 valence electrons. The predicted molar refractivity (Wildman–Crippen MR) is 91.2 cm³/mol. The van der Waals surface area contributed by atoms with E-state index in [-0.39, 0.29) is 41.4 Å². The first-order valence-corrected chi connectivity index (χ1v) is 9.85. The summed E-state index contributed by atoms with van der Waals surface area (Å²) in [5.41, 5.74) is -0.278. The minimum Gasteiger partial charge on any atom is -0.462 e. The molecule has 0 aromatic carbocycles. The van der Waals surface area contributed by atoms with Gasteiger partial charge in [0, 0.05) is 5.92 Å². The summed E-state index contributed by atoms with van der Waals surface area (Å²) in [7, 11) is 0. The number of hydrogen-bond donors (Lipinski definition) is 0. The van der Waals surface area contributed by atoms with Crippen molar-refractivity contribution in [2.45, 2.75) is 90.3 Å². The second-order valence-electron chi connectivity index (χ2n) is 8.56. The molecule has 3 fully saturated rings. The molecular formula is C20H32O4. The number of rotatable bonds is 5. The quantitative estimate of drug-likeness (QED) is 0.704. The van der Waals surface area contributed by atoms with Gasteiger partial charge in [-0.25, -0.2) is 0 Å². The molecule has 0 radical (unpaired) electrons. The molecule has 0 heterocycles. The molecule has 0 aliphatic heterocycles. The summed E-state index contributed by atoms with van der Waals surface area (Å²) in [5, 5.41) is 0. The number of ether oxygens (including phenoxy) is 2. The monoisotopic (exact) mass is 336 g/mol. The van der Waals surface area contributed by atoms with Crippen molar-refractivity contribution in [3.05, 3.63) is 0 Å². The molecule has 3 aliphatic carbocycles. The molecule has 0 aromatic heterocycles. The van der Waals surface area contributed by atoms with E-state index in [0.717, 1.165) is 51.4 Å². The Bertz CT molecular complexity index is 480. The SMILES string of the molecule is CCC(C)C(=O)OC1CC2CC(C(=O)OC3(C)CCCCC3)C1C2. The average Bonchev–Trinajstić information content (AvgIpc) is 3.14. The van der Waals surface area contributed by atoms with E-state index in [0.29, 0.717) is 5.92 Å². The van der Waals surface area contributed by atoms with Crippen molar-refractivity contribution in [1.29, 1.82) is 0 Å². The lowest BCUT2D eigenvalue weighted by atomic mass is 9.84. The normalized spacial score (nSPS) is 35.5. The summed E-state index contributed by atoms with van der Waals surface area (Å²) >= 11 is 0. The number of carbonyl (C=O) groups excluding carboxylic acids is 2. The first kappa shape index (κ1) is 17.8. The first-order valence-electron chi connectivity index (χ1n) is 9.85. The molecule has 0 aromatic rings. The van der Waals surface area contributed by atoms with Crippen LogP contribution >= 0.6 is 0 Å². The van der Waals surface area contributed by atoms with Gasteiger partial charge < -0.3 is 9.47 Å². The van der Waals surface area contributed by atoms with Crippen LogP contribution in [0.5, 0.6) is 0 Å². The lowest BCUT2D eigenvalue weighted by molar-refractivity contribution is -0.174. The van der Waals surface area contributed by atoms with Gasteiger partial charge in [-0.3, -0.25) is 9.59 Å². The van der Waals surface area contributed by atoms with E-state index >= 15 is 0 Å². The molecule has 5 atom stereocenters. The summed E-state index contributed by atoms with van der Waals surface area (Å²) in [6, 6.07) is 0. The Balaban J connectivity index is 1.59. The molecule has 3 saturated carbocycles. The van der Waals surface area contributed by atoms with E-state index in [1.807, 2.05) is 13.8 Å². The maximum Gasteiger partial charge on any atom is 0.309 e. The molecule has 0 N–H and O–H groups in total. The fourth-order valence-corrected chi connectivity index (χ4v) is 4.84. The van der Waals surface area contributed by atoms with Crippen LogP contribution in [0.2, 0.25) is 0 Å². The Morgan fingerprint density at radius 2 is 1.83 bits per heavy atom. The summed E-state index contributed by atoms with van der Waals surface area (Å²) in [6.07, 6.45) is 9.06. The molecule has 2 bridgehead atoms. The standard InChI is InChI=1S/C20H32O4/c1-4-13(2)18(21)23-17-12-14-10-15(17)16(11-14)19(22)24-20(3)8-6-5-7-9-20/h13-17H,4-12H2,1-3H3. The second-order valence-corrected chi connectivity index (χ2v) is 8.56. The van der Waals surface area contributed by atoms with Gasteiger partial charge in [-0.2, -0.15) is 0 Å². The van der Waals surface area contributed by atoms with Crippen LogP contribution in [0.3, 0.4) is 0 Å². The van der Waals surface area contributed by atoms with E-state index in [4.69, 9.17) is 9.47 Å². The zero-order valence-electron chi connectivity index (χ0n) is 15.4. The van der Waals surface area contributed by atoms with Crippen molar-refractivity contribution in [1.82, 2.24) is 0 Å². The van der Waals surface area contributed by atoms with Crippen LogP contribution in [0.25, 0.3) is 0 Å². The van der Waals surface area contributed by atoms with Gasteiger partial charge in [-0.15, -0.1) is 0 Å². The highest BCUT2D eigenvalue weighted by Crippen LogP contribution is 2.51. The van der Waals surface area contributed by atoms with Gasteiger partial charge in [-0.1, -0.05) is 20.3 Å². The van der Waals surface area contributed by atoms with E-state index < -0.39 is 0 Å². The van der Waals surface area contributed by atoms with Gasteiger partial charge in [0.05, 0.1) is 11.8 Å². The second kappa shape index (κ2) is 7.05. The Morgan fingerprint density at radius 1 is 1.12 bits per heavy atom. The Morgan fingerprint density at radius 3 is 2.46 bits per heavy atom. The number of esters is 2. The van der Waals surface area contributed by atoms with Crippen molar-refractivity contribution in [3.63, 3.8) is 0 Å². The van der Waals surface area contributed by atoms with Gasteiger partial charge >= 0.3 is 11.9 Å². The molecule has 0 saturated heterocycles. The fraction of sp³-hybridized carbons (Fsp3) is 0.900. The van der Waals surface area contributed by atoms with E-state index in [1.54, 1.807) is 0 Å². The lowest BCUT2D eigenvalue weighted by Crippen LogP contribution is -2.40. The molecule has 0 spiro atoms. The van der Waals surface area contributed by atoms with Crippen LogP contribution in [-0.2, 0) is 19.1 Å². The number of fused-ring (bicyclic) bond motifs is 2. The Labute approximate surface area is 145 Å². The van der Waals surface area contributed by atoms with Gasteiger partial charge in [0.25, 0.3) is 0 Å². The van der Waals surface area contributed by atoms with Crippen LogP contribution < -0.4 is 0 Å². The van der Waals surface area contributed by atoms with Crippen LogP contribution in [0, 0.1) is 23.7 Å². The average molecular weight is 336 g/mol. The number of carbonyl (C=O) groups is 2. The summed E-state index contributed by atoms with van der Waals surface area (Å²) in [6.45, 7) is 5.99. The predicted octanol–water partition coefficient (Wildman–Crippen LogP) is 4.26. The van der Waals surface area contributed by atoms with E-state index in [2.05, 4.69) is 6.92 Å². The van der Waals surface area contributed by atoms with Crippen LogP contribution in [0.1, 0.15) is 78.6 Å². The van der Waals surface area contributed by atoms with Gasteiger partial charge in [0.1, 0.15) is 11.7 Å². The van der Waals surface area contributed by atoms with Crippen molar-refractivity contribution in [3.8, 4) is 0 Å². The summed E-state index contributed by atoms with van der Waals surface area (Å²) in [5.74, 6) is 0.398. The van der Waals surface area contributed by atoms with Crippen LogP contribution in [0.15, 0.2) is 0 Å². The lowest BCUT2D eigenvalue weighted by Gasteiger charge is -2.36. The largest absolute Gasteiger partial charge is 0.462 e. The molecular weight excluding hydrogens is 304 g/mol. The summed E-state index contributed by atoms with van der Waals surface area (Å²) in [4.78, 5) is 24.9. The smallest absolute Gasteiger partial charge is 0.309 e. The Kier molecular flexibility index (Phi) is 5.22. The molecule has 3 aliphatic rings. The van der Waals surface area contributed by atoms with Gasteiger partial charge in [0.2, 0.25) is 0 Å². The summed E-state index contributed by atoms with van der Waals surface area (Å²) < 4.78 is 11.7. The minimum absolute atomic E-state index is 0.0452. The molecule has 24 heavy (non-hydrogen) atoms. The molecule has 5 unspecified atom stereocenters. The van der Waals surface area contributed by atoms with Crippen LogP contribution in [0.4, 0.5) is 0 Å². The van der Waals surface area contributed by atoms with Crippen molar-refractivity contribution >= 4 is 11.9 Å².